The van der Waals surface area contributed by atoms with Crippen LogP contribution >= 0.6 is 0 Å². The second kappa shape index (κ2) is 8.29. The molecule has 0 aromatic heterocycles. The molecule has 5 heteroatoms. The molecule has 1 aromatic carbocycles. The molecule has 5 nitrogen and oxygen atoms in total. The number of nitrogens with one attached hydrogen (secondary N) is 1. The summed E-state index contributed by atoms with van der Waals surface area (Å²) in [6, 6.07) is 8.44. The Labute approximate surface area is 143 Å². The van der Waals surface area contributed by atoms with Crippen LogP contribution in [0.4, 0.5) is 0 Å². The van der Waals surface area contributed by atoms with Gasteiger partial charge in [-0.25, -0.2) is 0 Å². The molecule has 1 aliphatic carbocycles. The third-order valence-electron chi connectivity index (χ3n) is 4.88. The number of hydrogen-bond donors (Lipinski definition) is 1. The smallest absolute Gasteiger partial charge is 0.223 e. The zero-order valence-corrected chi connectivity index (χ0v) is 14.1. The summed E-state index contributed by atoms with van der Waals surface area (Å²) in [6.07, 6.45) is 4.87. The van der Waals surface area contributed by atoms with Crippen molar-refractivity contribution < 1.29 is 14.3 Å². The molecule has 0 bridgehead atoms. The van der Waals surface area contributed by atoms with E-state index in [0.29, 0.717) is 26.3 Å². The quantitative estimate of drug-likeness (QED) is 0.861. The van der Waals surface area contributed by atoms with Crippen LogP contribution in [0.3, 0.4) is 0 Å². The molecule has 1 fully saturated rings. The maximum absolute atomic E-state index is 12.3. The molecular weight excluding hydrogens is 304 g/mol. The standard InChI is InChI=1S/C19H26N2O3/c22-18(9-10-19(23)21-11-13-24-14-12-21)20-17-8-4-2-6-15-5-1-3-7-16(15)17/h1,3,5,7,17H,2,4,6,8-14H2,(H,20,22)/t17-/m1/s1. The van der Waals surface area contributed by atoms with Crippen molar-refractivity contribution in [1.29, 1.82) is 0 Å². The SMILES string of the molecule is O=C(CCC(=O)N1CCOCC1)N[C@@H]1CCCCc2ccccc21. The lowest BCUT2D eigenvalue weighted by atomic mass is 9.99. The van der Waals surface area contributed by atoms with Gasteiger partial charge in [-0.05, 0) is 30.4 Å². The van der Waals surface area contributed by atoms with Gasteiger partial charge >= 0.3 is 0 Å². The molecule has 0 radical (unpaired) electrons. The highest BCUT2D eigenvalue weighted by Gasteiger charge is 2.21. The van der Waals surface area contributed by atoms with Gasteiger partial charge in [0.05, 0.1) is 19.3 Å². The number of carbonyl (C=O) groups is 2. The van der Waals surface area contributed by atoms with Gasteiger partial charge in [0.1, 0.15) is 0 Å². The molecule has 2 aliphatic rings. The number of ether oxygens (including phenoxy) is 1. The van der Waals surface area contributed by atoms with Crippen LogP contribution in [0.15, 0.2) is 24.3 Å². The number of hydrogen-bond acceptors (Lipinski definition) is 3. The van der Waals surface area contributed by atoms with Gasteiger partial charge in [-0.2, -0.15) is 0 Å². The van der Waals surface area contributed by atoms with Crippen molar-refractivity contribution in [3.8, 4) is 0 Å². The van der Waals surface area contributed by atoms with Crippen LogP contribution < -0.4 is 5.32 Å². The van der Waals surface area contributed by atoms with E-state index in [0.717, 1.165) is 19.3 Å². The molecule has 130 valence electrons. The first kappa shape index (κ1) is 17.0. The molecule has 1 aliphatic heterocycles. The van der Waals surface area contributed by atoms with Gasteiger partial charge in [0.25, 0.3) is 0 Å². The molecule has 24 heavy (non-hydrogen) atoms. The highest BCUT2D eigenvalue weighted by Crippen LogP contribution is 2.28. The Bertz CT molecular complexity index is 582. The first-order valence-electron chi connectivity index (χ1n) is 8.97. The minimum Gasteiger partial charge on any atom is -0.378 e. The van der Waals surface area contributed by atoms with Gasteiger partial charge in [-0.15, -0.1) is 0 Å². The Morgan fingerprint density at radius 3 is 2.75 bits per heavy atom. The van der Waals surface area contributed by atoms with E-state index in [4.69, 9.17) is 4.74 Å². The van der Waals surface area contributed by atoms with E-state index in [1.54, 1.807) is 4.90 Å². The topological polar surface area (TPSA) is 58.6 Å². The lowest BCUT2D eigenvalue weighted by Crippen LogP contribution is -2.41. The summed E-state index contributed by atoms with van der Waals surface area (Å²) >= 11 is 0. The summed E-state index contributed by atoms with van der Waals surface area (Å²) in [5.74, 6) is 0.0213. The van der Waals surface area contributed by atoms with Crippen LogP contribution in [-0.4, -0.2) is 43.0 Å². The number of carbonyl (C=O) groups excluding carboxylic acids is 2. The van der Waals surface area contributed by atoms with E-state index in [-0.39, 0.29) is 30.7 Å². The number of aryl methyl sites for hydroxylation is 1. The van der Waals surface area contributed by atoms with Crippen molar-refractivity contribution in [3.63, 3.8) is 0 Å². The number of amides is 2. The molecule has 2 amide bonds. The van der Waals surface area contributed by atoms with E-state index < -0.39 is 0 Å². The van der Waals surface area contributed by atoms with Gasteiger partial charge in [-0.1, -0.05) is 30.7 Å². The molecule has 1 aromatic rings. The molecular formula is C19H26N2O3. The number of rotatable bonds is 4. The largest absolute Gasteiger partial charge is 0.378 e. The maximum atomic E-state index is 12.3. The Balaban J connectivity index is 1.52. The van der Waals surface area contributed by atoms with Crippen LogP contribution in [0.25, 0.3) is 0 Å². The van der Waals surface area contributed by atoms with Crippen LogP contribution in [0.5, 0.6) is 0 Å². The Kier molecular flexibility index (Phi) is 5.86. The van der Waals surface area contributed by atoms with Crippen LogP contribution in [0.2, 0.25) is 0 Å². The first-order chi connectivity index (χ1) is 11.7. The predicted octanol–water partition coefficient (Wildman–Crippen LogP) is 2.21. The normalized spacial score (nSPS) is 20.8. The lowest BCUT2D eigenvalue weighted by Gasteiger charge is -2.27. The molecule has 0 saturated carbocycles. The molecule has 1 atom stereocenters. The van der Waals surface area contributed by atoms with Crippen molar-refractivity contribution in [2.45, 2.75) is 44.6 Å². The summed E-state index contributed by atoms with van der Waals surface area (Å²) in [5.41, 5.74) is 2.58. The van der Waals surface area contributed by atoms with E-state index in [1.807, 2.05) is 6.07 Å². The van der Waals surface area contributed by atoms with Crippen molar-refractivity contribution in [1.82, 2.24) is 10.2 Å². The van der Waals surface area contributed by atoms with E-state index >= 15 is 0 Å². The minimum absolute atomic E-state index is 0.0293. The van der Waals surface area contributed by atoms with Gasteiger partial charge in [-0.3, -0.25) is 9.59 Å². The fourth-order valence-corrected chi connectivity index (χ4v) is 3.53. The monoisotopic (exact) mass is 330 g/mol. The summed E-state index contributed by atoms with van der Waals surface area (Å²) in [6.45, 7) is 2.46. The third-order valence-corrected chi connectivity index (χ3v) is 4.88. The molecule has 1 N–H and O–H groups in total. The first-order valence-corrected chi connectivity index (χ1v) is 8.97. The summed E-state index contributed by atoms with van der Waals surface area (Å²) in [7, 11) is 0. The van der Waals surface area contributed by atoms with Crippen molar-refractivity contribution in [3.05, 3.63) is 35.4 Å². The van der Waals surface area contributed by atoms with E-state index in [2.05, 4.69) is 23.5 Å². The summed E-state index contributed by atoms with van der Waals surface area (Å²) in [5, 5.41) is 3.14. The number of benzene rings is 1. The van der Waals surface area contributed by atoms with Crippen LogP contribution in [0.1, 0.15) is 49.3 Å². The second-order valence-electron chi connectivity index (χ2n) is 6.56. The third kappa shape index (κ3) is 4.35. The zero-order chi connectivity index (χ0) is 16.8. The van der Waals surface area contributed by atoms with Gasteiger partial charge in [0.2, 0.25) is 11.8 Å². The average Bonchev–Trinajstić information content (AvgIpc) is 2.83. The fourth-order valence-electron chi connectivity index (χ4n) is 3.53. The van der Waals surface area contributed by atoms with Gasteiger partial charge < -0.3 is 15.0 Å². The average molecular weight is 330 g/mol. The van der Waals surface area contributed by atoms with Crippen molar-refractivity contribution in [2.75, 3.05) is 26.3 Å². The van der Waals surface area contributed by atoms with Crippen LogP contribution in [-0.2, 0) is 20.7 Å². The highest BCUT2D eigenvalue weighted by molar-refractivity contribution is 5.84. The predicted molar refractivity (Wildman–Crippen MR) is 91.5 cm³/mol. The van der Waals surface area contributed by atoms with Crippen molar-refractivity contribution >= 4 is 11.8 Å². The number of morpholine rings is 1. The minimum atomic E-state index is -0.0293. The molecule has 1 saturated heterocycles. The lowest BCUT2D eigenvalue weighted by molar-refractivity contribution is -0.137. The Hall–Kier alpha value is -1.88. The molecule has 3 rings (SSSR count). The van der Waals surface area contributed by atoms with Crippen LogP contribution in [0, 0.1) is 0 Å². The fraction of sp³-hybridized carbons (Fsp3) is 0.579. The Morgan fingerprint density at radius 2 is 1.92 bits per heavy atom. The van der Waals surface area contributed by atoms with Gasteiger partial charge in [0, 0.05) is 25.9 Å². The molecule has 0 spiro atoms. The number of nitrogens with zero attached hydrogens (tertiary/aromatic N) is 1. The summed E-state index contributed by atoms with van der Waals surface area (Å²) in [4.78, 5) is 26.2. The van der Waals surface area contributed by atoms with E-state index in [9.17, 15) is 9.59 Å². The Morgan fingerprint density at radius 1 is 1.12 bits per heavy atom. The maximum Gasteiger partial charge on any atom is 0.223 e. The highest BCUT2D eigenvalue weighted by atomic mass is 16.5. The van der Waals surface area contributed by atoms with Crippen molar-refractivity contribution in [2.24, 2.45) is 0 Å². The van der Waals surface area contributed by atoms with Gasteiger partial charge in [0.15, 0.2) is 0 Å². The summed E-state index contributed by atoms with van der Waals surface area (Å²) < 4.78 is 5.25. The molecule has 0 unspecified atom stereocenters. The zero-order valence-electron chi connectivity index (χ0n) is 14.1. The second-order valence-corrected chi connectivity index (χ2v) is 6.56. The molecule has 1 heterocycles. The number of fused-ring (bicyclic) bond motifs is 1. The van der Waals surface area contributed by atoms with E-state index in [1.165, 1.54) is 17.5 Å².